The number of hydrogen-bond donors (Lipinski definition) is 1. The molecule has 2 saturated carbocycles. The number of nitrogens with zero attached hydrogens (tertiary/aromatic N) is 2. The van der Waals surface area contributed by atoms with Crippen LogP contribution in [0, 0.1) is 13.8 Å². The average Bonchev–Trinajstić information content (AvgIpc) is 3.95. The van der Waals surface area contributed by atoms with Crippen molar-refractivity contribution in [2.24, 2.45) is 0 Å². The monoisotopic (exact) mass is 632 g/mol. The van der Waals surface area contributed by atoms with Crippen LogP contribution in [0.3, 0.4) is 0 Å². The van der Waals surface area contributed by atoms with Gasteiger partial charge in [-0.15, -0.1) is 13.2 Å². The van der Waals surface area contributed by atoms with Gasteiger partial charge in [-0.1, -0.05) is 23.4 Å². The number of fused-ring (bicyclic) bond motifs is 1. The molecule has 0 atom stereocenters. The molecule has 2 aliphatic rings. The predicted octanol–water partition coefficient (Wildman–Crippen LogP) is 8.98. The number of carbonyl (C=O) groups is 1. The van der Waals surface area contributed by atoms with Gasteiger partial charge in [-0.2, -0.15) is 0 Å². The Kier molecular flexibility index (Phi) is 7.21. The number of ether oxygens (including phenoxy) is 3. The summed E-state index contributed by atoms with van der Waals surface area (Å²) in [4.78, 5) is 12.2. The first-order valence-corrected chi connectivity index (χ1v) is 15.1. The highest BCUT2D eigenvalue weighted by Gasteiger charge is 2.36. The number of methoxy groups -OCH3 is 1. The number of aromatic nitrogens is 2. The predicted molar refractivity (Wildman–Crippen MR) is 164 cm³/mol. The molecule has 0 saturated heterocycles. The molecule has 0 amide bonds. The number of rotatable bonds is 10. The maximum Gasteiger partial charge on any atom is 0.573 e. The van der Waals surface area contributed by atoms with Crippen LogP contribution in [0.2, 0.25) is 0 Å². The van der Waals surface area contributed by atoms with Crippen molar-refractivity contribution in [3.63, 3.8) is 0 Å². The van der Waals surface area contributed by atoms with Crippen molar-refractivity contribution in [2.45, 2.75) is 64.5 Å². The fraction of sp³-hybridized carbons (Fsp3) is 0.314. The third-order valence-corrected chi connectivity index (χ3v) is 8.70. The van der Waals surface area contributed by atoms with Gasteiger partial charge in [0, 0.05) is 34.2 Å². The Hall–Kier alpha value is -4.93. The quantitative estimate of drug-likeness (QED) is 0.164. The van der Waals surface area contributed by atoms with E-state index in [9.17, 15) is 23.1 Å². The minimum atomic E-state index is -4.86. The lowest BCUT2D eigenvalue weighted by Crippen LogP contribution is -2.17. The van der Waals surface area contributed by atoms with Crippen LogP contribution in [-0.4, -0.2) is 34.3 Å². The maximum absolute atomic E-state index is 13.2. The Bertz CT molecular complexity index is 1980. The molecule has 3 aromatic carbocycles. The number of alkyl halides is 3. The van der Waals surface area contributed by atoms with Crippen LogP contribution in [0.5, 0.6) is 17.2 Å². The van der Waals surface area contributed by atoms with Crippen molar-refractivity contribution < 1.29 is 41.8 Å². The first-order chi connectivity index (χ1) is 22.0. The van der Waals surface area contributed by atoms with E-state index in [1.165, 1.54) is 18.2 Å². The number of para-hydroxylation sites is 1. The Labute approximate surface area is 262 Å². The molecule has 8 nitrogen and oxygen atoms in total. The molecule has 0 aliphatic heterocycles. The topological polar surface area (TPSA) is 96.0 Å². The van der Waals surface area contributed by atoms with Gasteiger partial charge in [-0.05, 0) is 87.1 Å². The smallest absolute Gasteiger partial charge is 0.496 e. The van der Waals surface area contributed by atoms with E-state index < -0.39 is 12.3 Å². The summed E-state index contributed by atoms with van der Waals surface area (Å²) < 4.78 is 63.5. The van der Waals surface area contributed by atoms with Crippen LogP contribution in [-0.2, 0) is 6.61 Å². The van der Waals surface area contributed by atoms with Gasteiger partial charge in [-0.3, -0.25) is 0 Å². The van der Waals surface area contributed by atoms with Gasteiger partial charge >= 0.3 is 12.3 Å². The Morgan fingerprint density at radius 1 is 1.00 bits per heavy atom. The summed E-state index contributed by atoms with van der Waals surface area (Å²) in [5.74, 6) is 0.533. The molecule has 0 spiro atoms. The molecule has 0 bridgehead atoms. The van der Waals surface area contributed by atoms with Crippen molar-refractivity contribution in [1.29, 1.82) is 0 Å². The minimum absolute atomic E-state index is 0.0330. The molecule has 2 fully saturated rings. The second kappa shape index (κ2) is 11.1. The van der Waals surface area contributed by atoms with Crippen molar-refractivity contribution in [1.82, 2.24) is 9.72 Å². The first kappa shape index (κ1) is 29.8. The van der Waals surface area contributed by atoms with Crippen LogP contribution in [0.1, 0.15) is 70.6 Å². The van der Waals surface area contributed by atoms with Gasteiger partial charge in [0.2, 0.25) is 0 Å². The Morgan fingerprint density at radius 3 is 2.41 bits per heavy atom. The lowest BCUT2D eigenvalue weighted by molar-refractivity contribution is -0.274. The molecule has 2 heterocycles. The van der Waals surface area contributed by atoms with Crippen molar-refractivity contribution in [3.8, 4) is 39.6 Å². The largest absolute Gasteiger partial charge is 0.573 e. The number of carboxylic acid groups (broad SMARTS) is 1. The van der Waals surface area contributed by atoms with Gasteiger partial charge in [0.15, 0.2) is 0 Å². The summed E-state index contributed by atoms with van der Waals surface area (Å²) in [7, 11) is 1.56. The van der Waals surface area contributed by atoms with E-state index in [4.69, 9.17) is 14.0 Å². The van der Waals surface area contributed by atoms with Crippen LogP contribution in [0.4, 0.5) is 13.2 Å². The Balaban J connectivity index is 1.21. The second-order valence-corrected chi connectivity index (χ2v) is 11.9. The summed E-state index contributed by atoms with van der Waals surface area (Å²) in [6, 6.07) is 15.6. The zero-order valence-electron chi connectivity index (χ0n) is 25.4. The van der Waals surface area contributed by atoms with E-state index in [-0.39, 0.29) is 35.6 Å². The fourth-order valence-electron chi connectivity index (χ4n) is 6.32. The number of aryl methyl sites for hydroxylation is 1. The lowest BCUT2D eigenvalue weighted by Gasteiger charge is -2.15. The van der Waals surface area contributed by atoms with E-state index in [1.807, 2.05) is 38.1 Å². The average molecular weight is 633 g/mol. The van der Waals surface area contributed by atoms with E-state index in [0.29, 0.717) is 33.8 Å². The number of halogens is 3. The van der Waals surface area contributed by atoms with Gasteiger partial charge in [0.25, 0.3) is 0 Å². The standard InChI is InChI=1S/C35H31F3N2O6/c1-18-14-22(44-17-27-32(39-46-33(27)20-8-9-20)24-6-4-5-7-29(24)45-35(36,37)38)12-13-23(18)25-15-28-26(16-30(25)43-3)31(34(41)42)19(2)40(28)21-10-11-21/h4-7,12-16,20-21H,8-11,17H2,1-3H3,(H,41,42). The molecule has 0 radical (unpaired) electrons. The molecule has 7 rings (SSSR count). The summed E-state index contributed by atoms with van der Waals surface area (Å²) in [6.07, 6.45) is -1.04. The third-order valence-electron chi connectivity index (χ3n) is 8.70. The van der Waals surface area contributed by atoms with Gasteiger partial charge in [0.1, 0.15) is 35.3 Å². The maximum atomic E-state index is 13.2. The van der Waals surface area contributed by atoms with Crippen LogP contribution in [0.25, 0.3) is 33.3 Å². The number of benzene rings is 3. The molecule has 2 aliphatic carbocycles. The van der Waals surface area contributed by atoms with Gasteiger partial charge in [-0.25, -0.2) is 4.79 Å². The van der Waals surface area contributed by atoms with Crippen LogP contribution >= 0.6 is 0 Å². The molecule has 5 aromatic rings. The highest BCUT2D eigenvalue weighted by Crippen LogP contribution is 2.47. The lowest BCUT2D eigenvalue weighted by atomic mass is 9.97. The highest BCUT2D eigenvalue weighted by atomic mass is 19.4. The number of hydrogen-bond acceptors (Lipinski definition) is 6. The van der Waals surface area contributed by atoms with Crippen LogP contribution < -0.4 is 14.2 Å². The van der Waals surface area contributed by atoms with Crippen molar-refractivity contribution in [3.05, 3.63) is 82.7 Å². The summed E-state index contributed by atoms with van der Waals surface area (Å²) in [5, 5.41) is 14.8. The Morgan fingerprint density at radius 2 is 1.76 bits per heavy atom. The summed E-state index contributed by atoms with van der Waals surface area (Å²) in [6.45, 7) is 3.83. The van der Waals surface area contributed by atoms with E-state index in [2.05, 4.69) is 14.5 Å². The normalized spacial score (nSPS) is 14.9. The molecule has 11 heteroatoms. The number of carboxylic acids is 1. The molecular weight excluding hydrogens is 601 g/mol. The highest BCUT2D eigenvalue weighted by molar-refractivity contribution is 6.07. The molecule has 1 N–H and O–H groups in total. The minimum Gasteiger partial charge on any atom is -0.496 e. The molecular formula is C35H31F3N2O6. The van der Waals surface area contributed by atoms with E-state index >= 15 is 0 Å². The summed E-state index contributed by atoms with van der Waals surface area (Å²) in [5.41, 5.74) is 5.50. The SMILES string of the molecule is COc1cc2c(C(=O)O)c(C)n(C3CC3)c2cc1-c1ccc(OCc2c(-c3ccccc3OC(F)(F)F)noc2C2CC2)cc1C. The molecule has 46 heavy (non-hydrogen) atoms. The number of aromatic carboxylic acids is 1. The second-order valence-electron chi connectivity index (χ2n) is 11.9. The van der Waals surface area contributed by atoms with E-state index in [1.54, 1.807) is 19.2 Å². The zero-order valence-corrected chi connectivity index (χ0v) is 25.4. The van der Waals surface area contributed by atoms with E-state index in [0.717, 1.165) is 53.6 Å². The van der Waals surface area contributed by atoms with Gasteiger partial charge < -0.3 is 28.4 Å². The van der Waals surface area contributed by atoms with Crippen LogP contribution in [0.15, 0.2) is 59.1 Å². The zero-order chi connectivity index (χ0) is 32.3. The third kappa shape index (κ3) is 5.44. The molecule has 0 unspecified atom stereocenters. The first-order valence-electron chi connectivity index (χ1n) is 15.1. The molecule has 2 aromatic heterocycles. The van der Waals surface area contributed by atoms with Gasteiger partial charge in [0.05, 0.1) is 23.8 Å². The molecule has 238 valence electrons. The summed E-state index contributed by atoms with van der Waals surface area (Å²) >= 11 is 0. The fourth-order valence-corrected chi connectivity index (χ4v) is 6.32. The van der Waals surface area contributed by atoms with Crippen molar-refractivity contribution >= 4 is 16.9 Å². The van der Waals surface area contributed by atoms with Crippen molar-refractivity contribution in [2.75, 3.05) is 7.11 Å².